The van der Waals surface area contributed by atoms with E-state index in [4.69, 9.17) is 4.74 Å². The number of halogens is 2. The Morgan fingerprint density at radius 1 is 1.25 bits per heavy atom. The number of carbonyl (C=O) groups excluding carboxylic acids is 1. The summed E-state index contributed by atoms with van der Waals surface area (Å²) in [5.74, 6) is -2.59. The van der Waals surface area contributed by atoms with Crippen LogP contribution in [0.15, 0.2) is 18.3 Å². The number of amides is 1. The Morgan fingerprint density at radius 2 is 2.03 bits per heavy atom. The average Bonchev–Trinajstić information content (AvgIpc) is 3.44. The maximum Gasteiger partial charge on any atom is 0.303 e. The Balaban J connectivity index is 1.53. The third kappa shape index (κ3) is 5.67. The first-order chi connectivity index (χ1) is 15.2. The zero-order valence-electron chi connectivity index (χ0n) is 18.5. The monoisotopic (exact) mass is 446 g/mol. The Hall–Kier alpha value is -2.88. The molecule has 10 heteroatoms. The molecule has 2 aromatic heterocycles. The molecule has 0 aromatic carbocycles. The second-order valence-electron chi connectivity index (χ2n) is 8.67. The van der Waals surface area contributed by atoms with Crippen LogP contribution in [0, 0.1) is 12.8 Å². The fourth-order valence-corrected chi connectivity index (χ4v) is 3.85. The van der Waals surface area contributed by atoms with Gasteiger partial charge < -0.3 is 15.4 Å². The fraction of sp³-hybridized carbons (Fsp3) is 0.545. The van der Waals surface area contributed by atoms with E-state index in [9.17, 15) is 13.6 Å². The Labute approximate surface area is 185 Å². The summed E-state index contributed by atoms with van der Waals surface area (Å²) in [5, 5.41) is 5.66. The molecule has 4 rings (SSSR count). The summed E-state index contributed by atoms with van der Waals surface area (Å²) in [4.78, 5) is 26.0. The second-order valence-corrected chi connectivity index (χ2v) is 8.67. The van der Waals surface area contributed by atoms with Gasteiger partial charge in [0.25, 0.3) is 0 Å². The van der Waals surface area contributed by atoms with Crippen LogP contribution in [0.3, 0.4) is 0 Å². The van der Waals surface area contributed by atoms with Gasteiger partial charge in [-0.2, -0.15) is 8.78 Å². The minimum atomic E-state index is -3.17. The van der Waals surface area contributed by atoms with E-state index >= 15 is 0 Å². The lowest BCUT2D eigenvalue weighted by Crippen LogP contribution is -2.24. The van der Waals surface area contributed by atoms with Gasteiger partial charge in [-0.25, -0.2) is 15.0 Å². The molecule has 0 bridgehead atoms. The highest BCUT2D eigenvalue weighted by Gasteiger charge is 2.34. The van der Waals surface area contributed by atoms with Crippen LogP contribution in [0.5, 0.6) is 5.75 Å². The van der Waals surface area contributed by atoms with Crippen molar-refractivity contribution in [2.45, 2.75) is 52.0 Å². The molecule has 1 atom stereocenters. The van der Waals surface area contributed by atoms with Crippen molar-refractivity contribution in [1.29, 1.82) is 0 Å². The topological polar surface area (TPSA) is 92.3 Å². The van der Waals surface area contributed by atoms with E-state index in [1.54, 1.807) is 19.1 Å². The first-order valence-corrected chi connectivity index (χ1v) is 10.8. The third-order valence-corrected chi connectivity index (χ3v) is 5.54. The minimum Gasteiger partial charge on any atom is -0.489 e. The molecule has 0 spiro atoms. The molecule has 2 aromatic rings. The van der Waals surface area contributed by atoms with Gasteiger partial charge in [0.05, 0.1) is 18.5 Å². The number of alkyl halides is 2. The van der Waals surface area contributed by atoms with Crippen molar-refractivity contribution >= 4 is 23.2 Å². The van der Waals surface area contributed by atoms with Gasteiger partial charge in [0.1, 0.15) is 11.6 Å². The largest absolute Gasteiger partial charge is 0.489 e. The van der Waals surface area contributed by atoms with E-state index < -0.39 is 11.7 Å². The number of carbonyl (C=O) groups is 1. The summed E-state index contributed by atoms with van der Waals surface area (Å²) < 4.78 is 33.6. The number of nitrogens with zero attached hydrogens (tertiary/aromatic N) is 4. The van der Waals surface area contributed by atoms with E-state index in [1.807, 2.05) is 0 Å². The first kappa shape index (κ1) is 22.3. The van der Waals surface area contributed by atoms with Crippen LogP contribution in [-0.2, 0) is 10.7 Å². The maximum atomic E-state index is 13.8. The molecular weight excluding hydrogens is 418 g/mol. The molecule has 32 heavy (non-hydrogen) atoms. The van der Waals surface area contributed by atoms with Gasteiger partial charge in [0, 0.05) is 50.2 Å². The lowest BCUT2D eigenvalue weighted by molar-refractivity contribution is -0.114. The van der Waals surface area contributed by atoms with Gasteiger partial charge in [-0.1, -0.05) is 0 Å². The van der Waals surface area contributed by atoms with Crippen LogP contribution < -0.4 is 15.4 Å². The third-order valence-electron chi connectivity index (χ3n) is 5.54. The van der Waals surface area contributed by atoms with Gasteiger partial charge in [0.2, 0.25) is 11.7 Å². The lowest BCUT2D eigenvalue weighted by Gasteiger charge is -2.18. The first-order valence-electron chi connectivity index (χ1n) is 10.8. The summed E-state index contributed by atoms with van der Waals surface area (Å²) >= 11 is 0. The molecule has 1 amide bonds. The van der Waals surface area contributed by atoms with Crippen molar-refractivity contribution in [2.75, 3.05) is 30.3 Å². The zero-order chi connectivity index (χ0) is 22.9. The van der Waals surface area contributed by atoms with Crippen LogP contribution in [0.4, 0.5) is 26.1 Å². The molecule has 1 saturated carbocycles. The second kappa shape index (κ2) is 8.93. The van der Waals surface area contributed by atoms with E-state index in [0.29, 0.717) is 35.5 Å². The van der Waals surface area contributed by atoms with Gasteiger partial charge in [0.15, 0.2) is 5.75 Å². The van der Waals surface area contributed by atoms with Crippen LogP contribution in [0.2, 0.25) is 0 Å². The molecule has 0 unspecified atom stereocenters. The highest BCUT2D eigenvalue weighted by Crippen LogP contribution is 2.34. The van der Waals surface area contributed by atoms with Crippen LogP contribution in [0.25, 0.3) is 0 Å². The molecule has 0 radical (unpaired) electrons. The van der Waals surface area contributed by atoms with Crippen LogP contribution in [0.1, 0.15) is 44.6 Å². The number of aryl methyl sites for hydroxylation is 1. The molecule has 1 aliphatic heterocycles. The number of anilines is 3. The quantitative estimate of drug-likeness (QED) is 0.636. The summed E-state index contributed by atoms with van der Waals surface area (Å²) in [6.45, 7) is 6.41. The zero-order valence-corrected chi connectivity index (χ0v) is 18.5. The Bertz CT molecular complexity index is 993. The predicted molar refractivity (Wildman–Crippen MR) is 116 cm³/mol. The molecule has 3 heterocycles. The number of ether oxygens (including phenoxy) is 1. The molecule has 2 aliphatic rings. The van der Waals surface area contributed by atoms with Gasteiger partial charge in [-0.05, 0) is 32.7 Å². The molecule has 2 N–H and O–H groups in total. The SMILES string of the molecule is CC(=O)Nc1cc(Nc2cc(C)nc(C(C)(F)F)n2)c(OC[C@H]2CCN(C3CC3)C2)cn1. The molecule has 1 saturated heterocycles. The van der Waals surface area contributed by atoms with Crippen molar-refractivity contribution in [3.63, 3.8) is 0 Å². The number of rotatable bonds is 8. The van der Waals surface area contributed by atoms with E-state index in [2.05, 4.69) is 30.5 Å². The van der Waals surface area contributed by atoms with Crippen LogP contribution in [-0.4, -0.2) is 51.5 Å². The normalized spacial score (nSPS) is 19.1. The van der Waals surface area contributed by atoms with Crippen molar-refractivity contribution in [3.8, 4) is 5.75 Å². The van der Waals surface area contributed by atoms with E-state index in [-0.39, 0.29) is 11.7 Å². The molecule has 2 fully saturated rings. The molecule has 1 aliphatic carbocycles. The summed E-state index contributed by atoms with van der Waals surface area (Å²) in [7, 11) is 0. The van der Waals surface area contributed by atoms with Gasteiger partial charge in [-0.3, -0.25) is 9.69 Å². The summed E-state index contributed by atoms with van der Waals surface area (Å²) in [6.07, 6.45) is 5.17. The van der Waals surface area contributed by atoms with Crippen LogP contribution >= 0.6 is 0 Å². The predicted octanol–water partition coefficient (Wildman–Crippen LogP) is 3.86. The highest BCUT2D eigenvalue weighted by atomic mass is 19.3. The standard InChI is InChI=1S/C22H28F2N6O2/c1-13-8-20(29-21(26-13)22(3,23)24)28-17-9-19(27-14(2)31)25-10-18(17)32-12-15-6-7-30(11-15)16-4-5-16/h8-10,15-16H,4-7,11-12H2,1-3H3,(H2,25,26,27,28,29,31)/t15-/m0/s1. The Morgan fingerprint density at radius 3 is 2.72 bits per heavy atom. The van der Waals surface area contributed by atoms with Crippen molar-refractivity contribution in [1.82, 2.24) is 19.9 Å². The van der Waals surface area contributed by atoms with E-state index in [0.717, 1.165) is 32.5 Å². The lowest BCUT2D eigenvalue weighted by atomic mass is 10.1. The maximum absolute atomic E-state index is 13.8. The van der Waals surface area contributed by atoms with Gasteiger partial charge >= 0.3 is 5.92 Å². The van der Waals surface area contributed by atoms with E-state index in [1.165, 1.54) is 26.0 Å². The number of hydrogen-bond acceptors (Lipinski definition) is 7. The van der Waals surface area contributed by atoms with Crippen molar-refractivity contribution in [2.24, 2.45) is 5.92 Å². The highest BCUT2D eigenvalue weighted by molar-refractivity contribution is 5.88. The molecule has 172 valence electrons. The number of aromatic nitrogens is 3. The molecule has 8 nitrogen and oxygen atoms in total. The average molecular weight is 447 g/mol. The van der Waals surface area contributed by atoms with Gasteiger partial charge in [-0.15, -0.1) is 0 Å². The minimum absolute atomic E-state index is 0.208. The van der Waals surface area contributed by atoms with Crippen molar-refractivity contribution < 1.29 is 18.3 Å². The molecular formula is C22H28F2N6O2. The Kier molecular flexibility index (Phi) is 6.23. The smallest absolute Gasteiger partial charge is 0.303 e. The number of likely N-dealkylation sites (tertiary alicyclic amines) is 1. The summed E-state index contributed by atoms with van der Waals surface area (Å²) in [5.41, 5.74) is 0.882. The number of hydrogen-bond donors (Lipinski definition) is 2. The summed E-state index contributed by atoms with van der Waals surface area (Å²) in [6, 6.07) is 3.91. The fourth-order valence-electron chi connectivity index (χ4n) is 3.85. The number of nitrogens with one attached hydrogen (secondary N) is 2. The van der Waals surface area contributed by atoms with Crippen molar-refractivity contribution in [3.05, 3.63) is 29.8 Å². The number of pyridine rings is 1.